The molecule has 0 aliphatic carbocycles. The third kappa shape index (κ3) is 2.94. The van der Waals surface area contributed by atoms with Gasteiger partial charge in [0.05, 0.1) is 0 Å². The van der Waals surface area contributed by atoms with Crippen LogP contribution in [0.5, 0.6) is 0 Å². The molecule has 1 aromatic carbocycles. The van der Waals surface area contributed by atoms with E-state index in [9.17, 15) is 0 Å². The van der Waals surface area contributed by atoms with Crippen LogP contribution < -0.4 is 5.32 Å². The SMILES string of the molecule is CCc1ccc(NC(C)c2cc(C)sc2C)cc1. The van der Waals surface area contributed by atoms with Crippen molar-refractivity contribution in [1.82, 2.24) is 0 Å². The molecule has 0 aliphatic heterocycles. The molecule has 0 fully saturated rings. The minimum atomic E-state index is 0.363. The first-order valence-corrected chi connectivity index (χ1v) is 7.34. The molecule has 1 nitrogen and oxygen atoms in total. The van der Waals surface area contributed by atoms with E-state index < -0.39 is 0 Å². The van der Waals surface area contributed by atoms with Gasteiger partial charge in [0, 0.05) is 21.5 Å². The summed E-state index contributed by atoms with van der Waals surface area (Å²) in [5.41, 5.74) is 4.00. The largest absolute Gasteiger partial charge is 0.378 e. The van der Waals surface area contributed by atoms with Gasteiger partial charge in [-0.3, -0.25) is 0 Å². The average Bonchev–Trinajstić information content (AvgIpc) is 2.69. The molecule has 2 aromatic rings. The Bertz CT molecular complexity index is 510. The van der Waals surface area contributed by atoms with Crippen molar-refractivity contribution in [3.8, 4) is 0 Å². The summed E-state index contributed by atoms with van der Waals surface area (Å²) in [5.74, 6) is 0. The Balaban J connectivity index is 2.10. The molecule has 1 N–H and O–H groups in total. The van der Waals surface area contributed by atoms with E-state index in [-0.39, 0.29) is 0 Å². The Hall–Kier alpha value is -1.28. The topological polar surface area (TPSA) is 12.0 Å². The molecular formula is C16H21NS. The van der Waals surface area contributed by atoms with Crippen molar-refractivity contribution in [2.75, 3.05) is 5.32 Å². The maximum absolute atomic E-state index is 3.57. The first-order valence-electron chi connectivity index (χ1n) is 6.52. The molecule has 1 aromatic heterocycles. The van der Waals surface area contributed by atoms with E-state index in [2.05, 4.69) is 63.3 Å². The molecule has 0 radical (unpaired) electrons. The second kappa shape index (κ2) is 5.57. The molecule has 18 heavy (non-hydrogen) atoms. The van der Waals surface area contributed by atoms with Gasteiger partial charge in [-0.15, -0.1) is 11.3 Å². The quantitative estimate of drug-likeness (QED) is 0.805. The van der Waals surface area contributed by atoms with Crippen LogP contribution in [-0.4, -0.2) is 0 Å². The van der Waals surface area contributed by atoms with E-state index in [0.717, 1.165) is 6.42 Å². The minimum absolute atomic E-state index is 0.363. The standard InChI is InChI=1S/C16H21NS/c1-5-14-6-8-15(9-7-14)17-12(3)16-10-11(2)18-13(16)4/h6-10,12,17H,5H2,1-4H3. The molecule has 0 saturated heterocycles. The monoisotopic (exact) mass is 259 g/mol. The van der Waals surface area contributed by atoms with Gasteiger partial charge in [0.25, 0.3) is 0 Å². The lowest BCUT2D eigenvalue weighted by Crippen LogP contribution is -2.06. The highest BCUT2D eigenvalue weighted by Crippen LogP contribution is 2.28. The van der Waals surface area contributed by atoms with E-state index >= 15 is 0 Å². The van der Waals surface area contributed by atoms with E-state index in [0.29, 0.717) is 6.04 Å². The van der Waals surface area contributed by atoms with E-state index in [1.54, 1.807) is 0 Å². The van der Waals surface area contributed by atoms with Crippen molar-refractivity contribution in [3.63, 3.8) is 0 Å². The number of thiophene rings is 1. The number of rotatable bonds is 4. The van der Waals surface area contributed by atoms with Crippen LogP contribution in [0.2, 0.25) is 0 Å². The molecule has 1 atom stereocenters. The van der Waals surface area contributed by atoms with Crippen LogP contribution in [0.1, 0.15) is 40.8 Å². The molecule has 2 rings (SSSR count). The smallest absolute Gasteiger partial charge is 0.0496 e. The Labute approximate surface area is 114 Å². The summed E-state index contributed by atoms with van der Waals surface area (Å²) in [5, 5.41) is 3.57. The molecule has 2 heteroatoms. The molecule has 1 heterocycles. The number of hydrogen-bond acceptors (Lipinski definition) is 2. The summed E-state index contributed by atoms with van der Waals surface area (Å²) in [7, 11) is 0. The molecule has 0 amide bonds. The summed E-state index contributed by atoms with van der Waals surface area (Å²) in [6.45, 7) is 8.78. The van der Waals surface area contributed by atoms with Crippen LogP contribution in [0.4, 0.5) is 5.69 Å². The van der Waals surface area contributed by atoms with Crippen molar-refractivity contribution in [2.45, 2.75) is 40.2 Å². The van der Waals surface area contributed by atoms with Crippen LogP contribution in [-0.2, 0) is 6.42 Å². The highest BCUT2D eigenvalue weighted by molar-refractivity contribution is 7.12. The molecule has 0 bridgehead atoms. The molecular weight excluding hydrogens is 238 g/mol. The number of hydrogen-bond donors (Lipinski definition) is 1. The van der Waals surface area contributed by atoms with Crippen molar-refractivity contribution in [3.05, 3.63) is 51.2 Å². The van der Waals surface area contributed by atoms with Crippen molar-refractivity contribution in [1.29, 1.82) is 0 Å². The highest BCUT2D eigenvalue weighted by Gasteiger charge is 2.10. The highest BCUT2D eigenvalue weighted by atomic mass is 32.1. The molecule has 1 unspecified atom stereocenters. The normalized spacial score (nSPS) is 12.4. The van der Waals surface area contributed by atoms with Crippen LogP contribution >= 0.6 is 11.3 Å². The summed E-state index contributed by atoms with van der Waals surface area (Å²) in [4.78, 5) is 2.80. The fourth-order valence-corrected chi connectivity index (χ4v) is 3.27. The summed E-state index contributed by atoms with van der Waals surface area (Å²) in [6.07, 6.45) is 1.10. The fourth-order valence-electron chi connectivity index (χ4n) is 2.24. The molecule has 0 spiro atoms. The number of aryl methyl sites for hydroxylation is 3. The van der Waals surface area contributed by atoms with Gasteiger partial charge in [0.1, 0.15) is 0 Å². The van der Waals surface area contributed by atoms with Crippen molar-refractivity contribution < 1.29 is 0 Å². The molecule has 96 valence electrons. The van der Waals surface area contributed by atoms with Gasteiger partial charge >= 0.3 is 0 Å². The van der Waals surface area contributed by atoms with Gasteiger partial charge < -0.3 is 5.32 Å². The maximum Gasteiger partial charge on any atom is 0.0496 e. The van der Waals surface area contributed by atoms with E-state index in [4.69, 9.17) is 0 Å². The number of anilines is 1. The predicted octanol–water partition coefficient (Wildman–Crippen LogP) is 5.10. The first kappa shape index (κ1) is 13.2. The lowest BCUT2D eigenvalue weighted by Gasteiger charge is -2.15. The molecule has 0 saturated carbocycles. The van der Waals surface area contributed by atoms with Gasteiger partial charge in [0.15, 0.2) is 0 Å². The van der Waals surface area contributed by atoms with Gasteiger partial charge in [-0.1, -0.05) is 19.1 Å². The Morgan fingerprint density at radius 2 is 1.83 bits per heavy atom. The van der Waals surface area contributed by atoms with Gasteiger partial charge in [0.2, 0.25) is 0 Å². The third-order valence-corrected chi connectivity index (χ3v) is 4.27. The summed E-state index contributed by atoms with van der Waals surface area (Å²) < 4.78 is 0. The Kier molecular flexibility index (Phi) is 4.07. The zero-order valence-corrected chi connectivity index (χ0v) is 12.4. The lowest BCUT2D eigenvalue weighted by atomic mass is 10.1. The summed E-state index contributed by atoms with van der Waals surface area (Å²) in [6, 6.07) is 11.4. The number of nitrogens with one attached hydrogen (secondary N) is 1. The lowest BCUT2D eigenvalue weighted by molar-refractivity contribution is 0.881. The second-order valence-electron chi connectivity index (χ2n) is 4.79. The van der Waals surface area contributed by atoms with Gasteiger partial charge in [-0.05, 0) is 56.5 Å². The molecule has 0 aliphatic rings. The van der Waals surface area contributed by atoms with Gasteiger partial charge in [-0.25, -0.2) is 0 Å². The fraction of sp³-hybridized carbons (Fsp3) is 0.375. The summed E-state index contributed by atoms with van der Waals surface area (Å²) >= 11 is 1.87. The zero-order chi connectivity index (χ0) is 13.1. The van der Waals surface area contributed by atoms with E-state index in [1.807, 2.05) is 11.3 Å². The minimum Gasteiger partial charge on any atom is -0.378 e. The van der Waals surface area contributed by atoms with Gasteiger partial charge in [-0.2, -0.15) is 0 Å². The maximum atomic E-state index is 3.57. The van der Waals surface area contributed by atoms with Crippen LogP contribution in [0.15, 0.2) is 30.3 Å². The number of benzene rings is 1. The van der Waals surface area contributed by atoms with Crippen molar-refractivity contribution in [2.24, 2.45) is 0 Å². The predicted molar refractivity (Wildman–Crippen MR) is 81.7 cm³/mol. The van der Waals surface area contributed by atoms with Crippen LogP contribution in [0.25, 0.3) is 0 Å². The van der Waals surface area contributed by atoms with Crippen molar-refractivity contribution >= 4 is 17.0 Å². The average molecular weight is 259 g/mol. The third-order valence-electron chi connectivity index (χ3n) is 3.29. The Morgan fingerprint density at radius 1 is 1.17 bits per heavy atom. The Morgan fingerprint density at radius 3 is 2.33 bits per heavy atom. The first-order chi connectivity index (χ1) is 8.60. The second-order valence-corrected chi connectivity index (χ2v) is 6.25. The van der Waals surface area contributed by atoms with Crippen LogP contribution in [0.3, 0.4) is 0 Å². The van der Waals surface area contributed by atoms with E-state index in [1.165, 1.54) is 26.6 Å². The van der Waals surface area contributed by atoms with Crippen LogP contribution in [0, 0.1) is 13.8 Å². The zero-order valence-electron chi connectivity index (χ0n) is 11.6.